The summed E-state index contributed by atoms with van der Waals surface area (Å²) < 4.78 is 0. The summed E-state index contributed by atoms with van der Waals surface area (Å²) in [5, 5.41) is 10.9. The third-order valence-corrected chi connectivity index (χ3v) is 4.76. The predicted molar refractivity (Wildman–Crippen MR) is 105 cm³/mol. The number of Topliss-reactive ketones (excluding diaryl/α,β-unsaturated/α-hetero) is 1. The molecule has 1 fully saturated rings. The molecule has 1 N–H and O–H groups in total. The van der Waals surface area contributed by atoms with Crippen LogP contribution in [0.15, 0.2) is 90.6 Å². The summed E-state index contributed by atoms with van der Waals surface area (Å²) in [7, 11) is 0. The largest absolute Gasteiger partial charge is 0.507 e. The molecular formula is C23H18N2O3. The number of carbonyl (C=O) groups excluding carboxylic acids is 2. The molecule has 3 aromatic rings. The van der Waals surface area contributed by atoms with Gasteiger partial charge in [0.1, 0.15) is 5.76 Å². The molecule has 1 saturated heterocycles. The highest BCUT2D eigenvalue weighted by molar-refractivity contribution is 6.46. The van der Waals surface area contributed by atoms with Crippen molar-refractivity contribution in [1.29, 1.82) is 0 Å². The lowest BCUT2D eigenvalue weighted by molar-refractivity contribution is -0.140. The van der Waals surface area contributed by atoms with Gasteiger partial charge in [-0.1, -0.05) is 66.7 Å². The number of hydrogen-bond donors (Lipinski definition) is 1. The molecule has 1 aliphatic rings. The fraction of sp³-hybridized carbons (Fsp3) is 0.0870. The van der Waals surface area contributed by atoms with Crippen molar-refractivity contribution in [2.75, 3.05) is 0 Å². The molecule has 0 bridgehead atoms. The van der Waals surface area contributed by atoms with Crippen molar-refractivity contribution < 1.29 is 14.7 Å². The molecule has 28 heavy (non-hydrogen) atoms. The van der Waals surface area contributed by atoms with Gasteiger partial charge in [-0.2, -0.15) is 0 Å². The standard InChI is InChI=1S/C23H18N2O3/c26-21(17-11-5-2-6-12-17)19-20(16-9-3-1-4-10-16)25(23(28)22(19)27)15-18-13-7-8-14-24-18/h1-14,20,26H,15H2/b21-19+. The molecule has 0 aliphatic carbocycles. The maximum atomic E-state index is 12.9. The van der Waals surface area contributed by atoms with E-state index in [0.717, 1.165) is 5.56 Å². The number of ketones is 1. The zero-order chi connectivity index (χ0) is 19.5. The van der Waals surface area contributed by atoms with E-state index in [0.29, 0.717) is 11.3 Å². The molecule has 0 saturated carbocycles. The highest BCUT2D eigenvalue weighted by Gasteiger charge is 2.46. The van der Waals surface area contributed by atoms with Crippen molar-refractivity contribution in [2.45, 2.75) is 12.6 Å². The quantitative estimate of drug-likeness (QED) is 0.432. The molecule has 5 heteroatoms. The number of aliphatic hydroxyl groups excluding tert-OH is 1. The molecular weight excluding hydrogens is 352 g/mol. The van der Waals surface area contributed by atoms with E-state index < -0.39 is 17.7 Å². The second kappa shape index (κ2) is 7.48. The SMILES string of the molecule is O=C1C(=O)N(Cc2ccccn2)C(c2ccccc2)/C1=C(\O)c1ccccc1. The van der Waals surface area contributed by atoms with E-state index in [1.807, 2.05) is 42.5 Å². The smallest absolute Gasteiger partial charge is 0.296 e. The van der Waals surface area contributed by atoms with Crippen molar-refractivity contribution in [3.63, 3.8) is 0 Å². The van der Waals surface area contributed by atoms with Crippen LogP contribution in [0.2, 0.25) is 0 Å². The van der Waals surface area contributed by atoms with Crippen LogP contribution in [0.4, 0.5) is 0 Å². The van der Waals surface area contributed by atoms with Crippen molar-refractivity contribution in [1.82, 2.24) is 9.88 Å². The lowest BCUT2D eigenvalue weighted by Crippen LogP contribution is -2.29. The Kier molecular flexibility index (Phi) is 4.72. The van der Waals surface area contributed by atoms with E-state index in [9.17, 15) is 14.7 Å². The highest BCUT2D eigenvalue weighted by atomic mass is 16.3. The molecule has 4 rings (SSSR count). The Morgan fingerprint density at radius 3 is 2.18 bits per heavy atom. The first-order valence-corrected chi connectivity index (χ1v) is 8.95. The molecule has 5 nitrogen and oxygen atoms in total. The van der Waals surface area contributed by atoms with Crippen molar-refractivity contribution in [3.05, 3.63) is 107 Å². The van der Waals surface area contributed by atoms with Gasteiger partial charge < -0.3 is 10.0 Å². The zero-order valence-electron chi connectivity index (χ0n) is 15.0. The van der Waals surface area contributed by atoms with Crippen molar-refractivity contribution in [2.24, 2.45) is 0 Å². The van der Waals surface area contributed by atoms with Gasteiger partial charge in [0.25, 0.3) is 11.7 Å². The summed E-state index contributed by atoms with van der Waals surface area (Å²) in [5.74, 6) is -1.50. The molecule has 138 valence electrons. The van der Waals surface area contributed by atoms with Gasteiger partial charge in [-0.15, -0.1) is 0 Å². The van der Waals surface area contributed by atoms with Gasteiger partial charge in [0.15, 0.2) is 0 Å². The minimum atomic E-state index is -0.689. The van der Waals surface area contributed by atoms with Gasteiger partial charge in [-0.3, -0.25) is 14.6 Å². The lowest BCUT2D eigenvalue weighted by Gasteiger charge is -2.25. The van der Waals surface area contributed by atoms with Crippen LogP contribution < -0.4 is 0 Å². The Bertz CT molecular complexity index is 1030. The number of aliphatic hydroxyl groups is 1. The summed E-state index contributed by atoms with van der Waals surface area (Å²) in [6, 6.07) is 22.8. The second-order valence-electron chi connectivity index (χ2n) is 6.52. The normalized spacial score (nSPS) is 18.4. The van der Waals surface area contributed by atoms with Crippen LogP contribution in [-0.2, 0) is 16.1 Å². The average Bonchev–Trinajstić information content (AvgIpc) is 3.00. The minimum absolute atomic E-state index is 0.0957. The number of carbonyl (C=O) groups is 2. The Morgan fingerprint density at radius 2 is 1.54 bits per heavy atom. The highest BCUT2D eigenvalue weighted by Crippen LogP contribution is 2.39. The molecule has 1 aliphatic heterocycles. The van der Waals surface area contributed by atoms with Gasteiger partial charge in [-0.05, 0) is 17.7 Å². The zero-order valence-corrected chi connectivity index (χ0v) is 15.0. The molecule has 1 aromatic heterocycles. The Morgan fingerprint density at radius 1 is 0.893 bits per heavy atom. The van der Waals surface area contributed by atoms with E-state index in [2.05, 4.69) is 4.98 Å². The Balaban J connectivity index is 1.85. The van der Waals surface area contributed by atoms with E-state index in [-0.39, 0.29) is 17.9 Å². The number of benzene rings is 2. The van der Waals surface area contributed by atoms with Gasteiger partial charge in [0, 0.05) is 11.8 Å². The number of pyridine rings is 1. The van der Waals surface area contributed by atoms with Gasteiger partial charge in [0.05, 0.1) is 23.9 Å². The molecule has 2 heterocycles. The summed E-state index contributed by atoms with van der Waals surface area (Å²) in [4.78, 5) is 31.5. The summed E-state index contributed by atoms with van der Waals surface area (Å²) >= 11 is 0. The van der Waals surface area contributed by atoms with Gasteiger partial charge in [0.2, 0.25) is 0 Å². The van der Waals surface area contributed by atoms with Gasteiger partial charge >= 0.3 is 0 Å². The number of hydrogen-bond acceptors (Lipinski definition) is 4. The van der Waals surface area contributed by atoms with E-state index in [1.54, 1.807) is 42.6 Å². The fourth-order valence-corrected chi connectivity index (χ4v) is 3.44. The molecule has 1 amide bonds. The topological polar surface area (TPSA) is 70.5 Å². The molecule has 2 aromatic carbocycles. The van der Waals surface area contributed by atoms with Crippen molar-refractivity contribution in [3.8, 4) is 0 Å². The summed E-state index contributed by atoms with van der Waals surface area (Å²) in [6.07, 6.45) is 1.65. The maximum absolute atomic E-state index is 12.9. The van der Waals surface area contributed by atoms with Crippen molar-refractivity contribution >= 4 is 17.4 Å². The maximum Gasteiger partial charge on any atom is 0.296 e. The fourth-order valence-electron chi connectivity index (χ4n) is 3.44. The third-order valence-electron chi connectivity index (χ3n) is 4.76. The second-order valence-corrected chi connectivity index (χ2v) is 6.52. The van der Waals surface area contributed by atoms with E-state index >= 15 is 0 Å². The summed E-state index contributed by atoms with van der Waals surface area (Å²) in [6.45, 7) is 0.177. The first kappa shape index (κ1) is 17.7. The van der Waals surface area contributed by atoms with E-state index in [4.69, 9.17) is 0 Å². The predicted octanol–water partition coefficient (Wildman–Crippen LogP) is 3.70. The molecule has 0 radical (unpaired) electrons. The summed E-state index contributed by atoms with van der Waals surface area (Å²) in [5.41, 5.74) is 2.03. The van der Waals surface area contributed by atoms with Crippen LogP contribution >= 0.6 is 0 Å². The van der Waals surface area contributed by atoms with Crippen LogP contribution in [0.3, 0.4) is 0 Å². The van der Waals surface area contributed by atoms with Crippen LogP contribution in [0.5, 0.6) is 0 Å². The first-order valence-electron chi connectivity index (χ1n) is 8.95. The monoisotopic (exact) mass is 370 g/mol. The minimum Gasteiger partial charge on any atom is -0.507 e. The van der Waals surface area contributed by atoms with Crippen LogP contribution in [0.1, 0.15) is 22.9 Å². The molecule has 1 unspecified atom stereocenters. The number of amides is 1. The van der Waals surface area contributed by atoms with Crippen LogP contribution in [-0.4, -0.2) is 26.7 Å². The van der Waals surface area contributed by atoms with E-state index in [1.165, 1.54) is 4.90 Å². The number of rotatable bonds is 4. The molecule has 1 atom stereocenters. The number of aromatic nitrogens is 1. The van der Waals surface area contributed by atoms with Crippen LogP contribution in [0, 0.1) is 0 Å². The Hall–Kier alpha value is -3.73. The lowest BCUT2D eigenvalue weighted by atomic mass is 9.95. The average molecular weight is 370 g/mol. The number of nitrogens with zero attached hydrogens (tertiary/aromatic N) is 2. The van der Waals surface area contributed by atoms with Gasteiger partial charge in [-0.25, -0.2) is 0 Å². The molecule has 0 spiro atoms. The first-order chi connectivity index (χ1) is 13.7. The van der Waals surface area contributed by atoms with Crippen LogP contribution in [0.25, 0.3) is 5.76 Å². The number of likely N-dealkylation sites (tertiary alicyclic amines) is 1. The third kappa shape index (κ3) is 3.18. The Labute approximate surface area is 162 Å².